The molecule has 0 spiro atoms. The zero-order valence-electron chi connectivity index (χ0n) is 9.98. The highest BCUT2D eigenvalue weighted by molar-refractivity contribution is 5.00. The lowest BCUT2D eigenvalue weighted by atomic mass is 9.72. The van der Waals surface area contributed by atoms with E-state index in [1.807, 2.05) is 0 Å². The highest BCUT2D eigenvalue weighted by atomic mass is 15.1. The summed E-state index contributed by atoms with van der Waals surface area (Å²) in [5.74, 6) is 0. The van der Waals surface area contributed by atoms with Gasteiger partial charge in [0.2, 0.25) is 0 Å². The summed E-state index contributed by atoms with van der Waals surface area (Å²) in [6.45, 7) is 11.8. The Morgan fingerprint density at radius 2 is 1.14 bits per heavy atom. The molecule has 0 amide bonds. The van der Waals surface area contributed by atoms with E-state index >= 15 is 0 Å². The minimum absolute atomic E-state index is 0.468. The molecule has 0 aromatic heterocycles. The molecule has 0 bridgehead atoms. The Bertz CT molecular complexity index is 196. The van der Waals surface area contributed by atoms with Gasteiger partial charge in [0.05, 0.1) is 0 Å². The lowest BCUT2D eigenvalue weighted by Crippen LogP contribution is -2.63. The van der Waals surface area contributed by atoms with E-state index in [-0.39, 0.29) is 0 Å². The molecule has 0 saturated carbocycles. The maximum Gasteiger partial charge on any atom is 0.0227 e. The first-order valence-corrected chi connectivity index (χ1v) is 5.85. The van der Waals surface area contributed by atoms with E-state index in [2.05, 4.69) is 38.3 Å². The van der Waals surface area contributed by atoms with Crippen molar-refractivity contribution in [2.45, 2.75) is 52.6 Å². The second-order valence-electron chi connectivity index (χ2n) is 6.71. The number of fused-ring (bicyclic) bond motifs is 1. The summed E-state index contributed by atoms with van der Waals surface area (Å²) >= 11 is 0. The molecule has 82 valence electrons. The Balaban J connectivity index is 2.01. The van der Waals surface area contributed by atoms with Crippen molar-refractivity contribution in [3.05, 3.63) is 0 Å². The Hall–Kier alpha value is -0.0800. The zero-order valence-corrected chi connectivity index (χ0v) is 9.98. The molecule has 14 heavy (non-hydrogen) atoms. The molecule has 2 fully saturated rings. The molecule has 2 heteroatoms. The van der Waals surface area contributed by atoms with Crippen LogP contribution in [0.5, 0.6) is 0 Å². The van der Waals surface area contributed by atoms with E-state index in [1.54, 1.807) is 0 Å². The first kappa shape index (κ1) is 10.4. The molecule has 2 aliphatic heterocycles. The van der Waals surface area contributed by atoms with Crippen molar-refractivity contribution >= 4 is 0 Å². The van der Waals surface area contributed by atoms with Crippen molar-refractivity contribution in [2.24, 2.45) is 10.8 Å². The molecule has 2 aliphatic rings. The van der Waals surface area contributed by atoms with Crippen LogP contribution in [0.25, 0.3) is 0 Å². The molecule has 0 aliphatic carbocycles. The van der Waals surface area contributed by atoms with Crippen molar-refractivity contribution < 1.29 is 0 Å². The van der Waals surface area contributed by atoms with Gasteiger partial charge in [0.15, 0.2) is 0 Å². The van der Waals surface area contributed by atoms with Crippen LogP contribution in [0.1, 0.15) is 40.5 Å². The van der Waals surface area contributed by atoms with Gasteiger partial charge < -0.3 is 10.6 Å². The van der Waals surface area contributed by atoms with Gasteiger partial charge >= 0.3 is 0 Å². The summed E-state index contributed by atoms with van der Waals surface area (Å²) in [6.07, 6.45) is 2.64. The van der Waals surface area contributed by atoms with Gasteiger partial charge in [-0.05, 0) is 23.7 Å². The number of hydrogen-bond donors (Lipinski definition) is 2. The monoisotopic (exact) mass is 196 g/mol. The van der Waals surface area contributed by atoms with Crippen LogP contribution in [0.2, 0.25) is 0 Å². The van der Waals surface area contributed by atoms with Crippen LogP contribution in [0.15, 0.2) is 0 Å². The van der Waals surface area contributed by atoms with Crippen molar-refractivity contribution in [2.75, 3.05) is 13.1 Å². The third-order valence-corrected chi connectivity index (χ3v) is 3.72. The average molecular weight is 196 g/mol. The number of nitrogens with one attached hydrogen (secondary N) is 2. The highest BCUT2D eigenvalue weighted by Crippen LogP contribution is 2.35. The van der Waals surface area contributed by atoms with E-state index in [1.165, 1.54) is 25.9 Å². The molecule has 0 radical (unpaired) electrons. The number of piperidine rings is 2. The smallest absolute Gasteiger partial charge is 0.0227 e. The van der Waals surface area contributed by atoms with E-state index in [0.717, 1.165) is 0 Å². The molecule has 2 N–H and O–H groups in total. The third-order valence-electron chi connectivity index (χ3n) is 3.72. The molecule has 0 aromatic rings. The summed E-state index contributed by atoms with van der Waals surface area (Å²) in [7, 11) is 0. The maximum absolute atomic E-state index is 3.70. The van der Waals surface area contributed by atoms with Gasteiger partial charge in [-0.25, -0.2) is 0 Å². The summed E-state index contributed by atoms with van der Waals surface area (Å²) < 4.78 is 0. The Kier molecular flexibility index (Phi) is 2.39. The fourth-order valence-electron chi connectivity index (χ4n) is 2.86. The number of hydrogen-bond acceptors (Lipinski definition) is 2. The maximum atomic E-state index is 3.70. The van der Waals surface area contributed by atoms with Gasteiger partial charge in [-0.2, -0.15) is 0 Å². The third kappa shape index (κ3) is 2.12. The topological polar surface area (TPSA) is 24.1 Å². The van der Waals surface area contributed by atoms with Gasteiger partial charge in [0.1, 0.15) is 0 Å². The lowest BCUT2D eigenvalue weighted by molar-refractivity contribution is 0.0948. The van der Waals surface area contributed by atoms with Crippen LogP contribution in [0.4, 0.5) is 0 Å². The van der Waals surface area contributed by atoms with Crippen LogP contribution >= 0.6 is 0 Å². The van der Waals surface area contributed by atoms with Crippen molar-refractivity contribution in [1.82, 2.24) is 10.6 Å². The van der Waals surface area contributed by atoms with Crippen molar-refractivity contribution in [1.29, 1.82) is 0 Å². The van der Waals surface area contributed by atoms with Gasteiger partial charge in [-0.3, -0.25) is 0 Å². The predicted octanol–water partition coefficient (Wildman–Crippen LogP) is 1.76. The summed E-state index contributed by atoms with van der Waals surface area (Å²) in [5.41, 5.74) is 0.936. The van der Waals surface area contributed by atoms with Gasteiger partial charge in [-0.1, -0.05) is 27.7 Å². The summed E-state index contributed by atoms with van der Waals surface area (Å²) in [5, 5.41) is 7.41. The van der Waals surface area contributed by atoms with E-state index < -0.39 is 0 Å². The molecular weight excluding hydrogens is 172 g/mol. The fourth-order valence-corrected chi connectivity index (χ4v) is 2.86. The second-order valence-corrected chi connectivity index (χ2v) is 6.71. The molecule has 2 nitrogen and oxygen atoms in total. The van der Waals surface area contributed by atoms with Crippen LogP contribution in [0, 0.1) is 10.8 Å². The number of rotatable bonds is 0. The van der Waals surface area contributed by atoms with Crippen LogP contribution in [-0.2, 0) is 0 Å². The predicted molar refractivity (Wildman–Crippen MR) is 60.4 cm³/mol. The van der Waals surface area contributed by atoms with Crippen molar-refractivity contribution in [3.8, 4) is 0 Å². The molecule has 2 atom stereocenters. The minimum Gasteiger partial charge on any atom is -0.312 e. The SMILES string of the molecule is CC1(C)CN[C@@H]2CC(C)(C)CN[C@@H]2C1. The lowest BCUT2D eigenvalue weighted by Gasteiger charge is -2.49. The highest BCUT2D eigenvalue weighted by Gasteiger charge is 2.40. The Morgan fingerprint density at radius 3 is 1.50 bits per heavy atom. The Labute approximate surface area is 87.8 Å². The molecule has 0 unspecified atom stereocenters. The first-order valence-electron chi connectivity index (χ1n) is 5.85. The van der Waals surface area contributed by atoms with Gasteiger partial charge in [0, 0.05) is 25.2 Å². The first-order chi connectivity index (χ1) is 6.38. The van der Waals surface area contributed by atoms with Crippen molar-refractivity contribution in [3.63, 3.8) is 0 Å². The molecule has 2 saturated heterocycles. The van der Waals surface area contributed by atoms with Crippen LogP contribution in [-0.4, -0.2) is 25.2 Å². The Morgan fingerprint density at radius 1 is 0.786 bits per heavy atom. The molecular formula is C12H24N2. The molecule has 0 aromatic carbocycles. The quantitative estimate of drug-likeness (QED) is 0.617. The van der Waals surface area contributed by atoms with Gasteiger partial charge in [-0.15, -0.1) is 0 Å². The fraction of sp³-hybridized carbons (Fsp3) is 1.00. The summed E-state index contributed by atoms with van der Waals surface area (Å²) in [6, 6.07) is 1.40. The van der Waals surface area contributed by atoms with Crippen LogP contribution in [0.3, 0.4) is 0 Å². The zero-order chi connectivity index (χ0) is 10.4. The summed E-state index contributed by atoms with van der Waals surface area (Å²) in [4.78, 5) is 0. The van der Waals surface area contributed by atoms with E-state index in [0.29, 0.717) is 22.9 Å². The van der Waals surface area contributed by atoms with Gasteiger partial charge in [0.25, 0.3) is 0 Å². The normalized spacial score (nSPS) is 40.3. The minimum atomic E-state index is 0.468. The molecule has 2 rings (SSSR count). The largest absolute Gasteiger partial charge is 0.312 e. The standard InChI is InChI=1S/C12H24N2/c1-11(2)5-9-10(13-7-11)6-12(3,4)8-14-9/h9-10,13-14H,5-8H2,1-4H3/t9-,10-/m1/s1. The average Bonchev–Trinajstić information content (AvgIpc) is 2.04. The van der Waals surface area contributed by atoms with E-state index in [9.17, 15) is 0 Å². The second kappa shape index (κ2) is 3.21. The van der Waals surface area contributed by atoms with Crippen LogP contribution < -0.4 is 10.6 Å². The molecule has 2 heterocycles. The van der Waals surface area contributed by atoms with E-state index in [4.69, 9.17) is 0 Å².